The summed E-state index contributed by atoms with van der Waals surface area (Å²) in [4.78, 5) is 0. The molecular formula is C18H28N2. The molecule has 3 unspecified atom stereocenters. The van der Waals surface area contributed by atoms with Crippen molar-refractivity contribution in [3.8, 4) is 0 Å². The van der Waals surface area contributed by atoms with Gasteiger partial charge in [0.05, 0.1) is 0 Å². The van der Waals surface area contributed by atoms with Gasteiger partial charge in [-0.25, -0.2) is 0 Å². The van der Waals surface area contributed by atoms with Crippen LogP contribution in [0, 0.1) is 17.8 Å². The molecule has 0 bridgehead atoms. The van der Waals surface area contributed by atoms with Gasteiger partial charge in [-0.2, -0.15) is 0 Å². The number of nitrogens with one attached hydrogen (secondary N) is 1. The SMILES string of the molecule is CC1CC(C)CC(C(NN)C2(c3ccccc3)CC2)C1. The van der Waals surface area contributed by atoms with Crippen molar-refractivity contribution in [1.82, 2.24) is 5.43 Å². The summed E-state index contributed by atoms with van der Waals surface area (Å²) >= 11 is 0. The van der Waals surface area contributed by atoms with Gasteiger partial charge in [-0.05, 0) is 55.4 Å². The molecule has 0 radical (unpaired) electrons. The van der Waals surface area contributed by atoms with Gasteiger partial charge in [-0.1, -0.05) is 44.2 Å². The largest absolute Gasteiger partial charge is 0.271 e. The van der Waals surface area contributed by atoms with Crippen molar-refractivity contribution < 1.29 is 0 Å². The number of hydrogen-bond donors (Lipinski definition) is 2. The van der Waals surface area contributed by atoms with E-state index in [1.165, 1.54) is 37.7 Å². The Morgan fingerprint density at radius 2 is 1.65 bits per heavy atom. The second kappa shape index (κ2) is 5.50. The molecular weight excluding hydrogens is 244 g/mol. The molecule has 0 amide bonds. The highest BCUT2D eigenvalue weighted by molar-refractivity contribution is 5.34. The van der Waals surface area contributed by atoms with E-state index >= 15 is 0 Å². The summed E-state index contributed by atoms with van der Waals surface area (Å²) in [7, 11) is 0. The number of benzene rings is 1. The van der Waals surface area contributed by atoms with Gasteiger partial charge in [0.25, 0.3) is 0 Å². The topological polar surface area (TPSA) is 38.0 Å². The van der Waals surface area contributed by atoms with Crippen LogP contribution in [0.25, 0.3) is 0 Å². The van der Waals surface area contributed by atoms with Crippen LogP contribution in [-0.4, -0.2) is 6.04 Å². The predicted octanol–water partition coefficient (Wildman–Crippen LogP) is 3.62. The smallest absolute Gasteiger partial charge is 0.0335 e. The molecule has 0 spiro atoms. The number of hydrogen-bond acceptors (Lipinski definition) is 2. The molecule has 2 saturated carbocycles. The molecule has 0 aliphatic heterocycles. The van der Waals surface area contributed by atoms with Crippen LogP contribution in [0.3, 0.4) is 0 Å². The molecule has 0 heterocycles. The van der Waals surface area contributed by atoms with E-state index in [2.05, 4.69) is 49.6 Å². The fourth-order valence-electron chi connectivity index (χ4n) is 4.71. The van der Waals surface area contributed by atoms with E-state index in [-0.39, 0.29) is 0 Å². The Labute approximate surface area is 123 Å². The van der Waals surface area contributed by atoms with E-state index in [9.17, 15) is 0 Å². The molecule has 3 atom stereocenters. The molecule has 20 heavy (non-hydrogen) atoms. The maximum Gasteiger partial charge on any atom is 0.0335 e. The van der Waals surface area contributed by atoms with Gasteiger partial charge in [0.15, 0.2) is 0 Å². The zero-order valence-electron chi connectivity index (χ0n) is 12.8. The lowest BCUT2D eigenvalue weighted by Crippen LogP contribution is -2.50. The minimum absolute atomic E-state index is 0.303. The zero-order valence-corrected chi connectivity index (χ0v) is 12.8. The minimum Gasteiger partial charge on any atom is -0.271 e. The Hall–Kier alpha value is -0.860. The molecule has 2 aliphatic carbocycles. The summed E-state index contributed by atoms with van der Waals surface area (Å²) in [5, 5.41) is 0. The maximum absolute atomic E-state index is 6.01. The van der Waals surface area contributed by atoms with Crippen molar-refractivity contribution in [3.63, 3.8) is 0 Å². The molecule has 0 aromatic heterocycles. The summed E-state index contributed by atoms with van der Waals surface area (Å²) in [6.07, 6.45) is 6.60. The van der Waals surface area contributed by atoms with Crippen LogP contribution in [-0.2, 0) is 5.41 Å². The number of hydrazine groups is 1. The van der Waals surface area contributed by atoms with Crippen molar-refractivity contribution in [1.29, 1.82) is 0 Å². The van der Waals surface area contributed by atoms with Crippen LogP contribution >= 0.6 is 0 Å². The maximum atomic E-state index is 6.01. The monoisotopic (exact) mass is 272 g/mol. The van der Waals surface area contributed by atoms with Crippen LogP contribution in [0.5, 0.6) is 0 Å². The number of rotatable bonds is 4. The molecule has 1 aromatic carbocycles. The Kier molecular flexibility index (Phi) is 3.87. The van der Waals surface area contributed by atoms with Gasteiger partial charge in [0.2, 0.25) is 0 Å². The highest BCUT2D eigenvalue weighted by atomic mass is 15.2. The molecule has 2 heteroatoms. The quantitative estimate of drug-likeness (QED) is 0.649. The highest BCUT2D eigenvalue weighted by Gasteiger charge is 2.53. The Morgan fingerprint density at radius 1 is 1.05 bits per heavy atom. The van der Waals surface area contributed by atoms with Gasteiger partial charge in [0, 0.05) is 11.5 Å². The summed E-state index contributed by atoms with van der Waals surface area (Å²) < 4.78 is 0. The summed E-state index contributed by atoms with van der Waals surface area (Å²) in [5.41, 5.74) is 5.00. The lowest BCUT2D eigenvalue weighted by molar-refractivity contribution is 0.156. The first-order valence-electron chi connectivity index (χ1n) is 8.17. The molecule has 0 saturated heterocycles. The Balaban J connectivity index is 1.83. The third-order valence-electron chi connectivity index (χ3n) is 5.60. The Bertz CT molecular complexity index is 428. The lowest BCUT2D eigenvalue weighted by Gasteiger charge is -2.40. The zero-order chi connectivity index (χ0) is 14.2. The Morgan fingerprint density at radius 3 is 2.15 bits per heavy atom. The number of nitrogens with two attached hydrogens (primary N) is 1. The van der Waals surface area contributed by atoms with Gasteiger partial charge in [-0.3, -0.25) is 11.3 Å². The van der Waals surface area contributed by atoms with Crippen molar-refractivity contribution in [2.45, 2.75) is 57.4 Å². The van der Waals surface area contributed by atoms with Crippen molar-refractivity contribution in [2.75, 3.05) is 0 Å². The van der Waals surface area contributed by atoms with Gasteiger partial charge < -0.3 is 0 Å². The fraction of sp³-hybridized carbons (Fsp3) is 0.667. The normalized spacial score (nSPS) is 33.6. The standard InChI is InChI=1S/C18H28N2/c1-13-10-14(2)12-15(11-13)17(20-19)18(8-9-18)16-6-4-3-5-7-16/h3-7,13-15,17,20H,8-12,19H2,1-2H3. The van der Waals surface area contributed by atoms with E-state index in [1.54, 1.807) is 0 Å². The van der Waals surface area contributed by atoms with Gasteiger partial charge in [-0.15, -0.1) is 0 Å². The predicted molar refractivity (Wildman–Crippen MR) is 84.1 cm³/mol. The van der Waals surface area contributed by atoms with Gasteiger partial charge in [0.1, 0.15) is 0 Å². The molecule has 2 fully saturated rings. The minimum atomic E-state index is 0.303. The van der Waals surface area contributed by atoms with Crippen LogP contribution in [0.1, 0.15) is 51.5 Å². The lowest BCUT2D eigenvalue weighted by atomic mass is 9.69. The average molecular weight is 272 g/mol. The van der Waals surface area contributed by atoms with E-state index < -0.39 is 0 Å². The highest BCUT2D eigenvalue weighted by Crippen LogP contribution is 2.54. The summed E-state index contributed by atoms with van der Waals surface area (Å²) in [6.45, 7) is 4.80. The molecule has 1 aromatic rings. The van der Waals surface area contributed by atoms with Gasteiger partial charge >= 0.3 is 0 Å². The second-order valence-electron chi connectivity index (χ2n) is 7.34. The van der Waals surface area contributed by atoms with Crippen LogP contribution < -0.4 is 11.3 Å². The van der Waals surface area contributed by atoms with Crippen molar-refractivity contribution in [2.24, 2.45) is 23.6 Å². The molecule has 3 N–H and O–H groups in total. The summed E-state index contributed by atoms with van der Waals surface area (Å²) in [5.74, 6) is 8.41. The third-order valence-corrected chi connectivity index (χ3v) is 5.60. The first-order valence-corrected chi connectivity index (χ1v) is 8.17. The van der Waals surface area contributed by atoms with Crippen LogP contribution in [0.2, 0.25) is 0 Å². The first kappa shape index (κ1) is 14.1. The molecule has 2 nitrogen and oxygen atoms in total. The molecule has 3 rings (SSSR count). The first-order chi connectivity index (χ1) is 9.65. The summed E-state index contributed by atoms with van der Waals surface area (Å²) in [6, 6.07) is 11.4. The van der Waals surface area contributed by atoms with Crippen molar-refractivity contribution >= 4 is 0 Å². The molecule has 2 aliphatic rings. The average Bonchev–Trinajstić information content (AvgIpc) is 3.21. The van der Waals surface area contributed by atoms with E-state index in [0.29, 0.717) is 11.5 Å². The van der Waals surface area contributed by atoms with Crippen molar-refractivity contribution in [3.05, 3.63) is 35.9 Å². The molecule has 110 valence electrons. The fourth-order valence-corrected chi connectivity index (χ4v) is 4.71. The van der Waals surface area contributed by atoms with Crippen LogP contribution in [0.4, 0.5) is 0 Å². The van der Waals surface area contributed by atoms with E-state index in [0.717, 1.165) is 17.8 Å². The second-order valence-corrected chi connectivity index (χ2v) is 7.34. The third kappa shape index (κ3) is 2.51. The van der Waals surface area contributed by atoms with Crippen LogP contribution in [0.15, 0.2) is 30.3 Å². The van der Waals surface area contributed by atoms with E-state index in [4.69, 9.17) is 5.84 Å². The van der Waals surface area contributed by atoms with E-state index in [1.807, 2.05) is 0 Å².